The van der Waals surface area contributed by atoms with E-state index in [0.717, 1.165) is 25.8 Å². The highest BCUT2D eigenvalue weighted by Crippen LogP contribution is 2.17. The SMILES string of the molecule is CC(NCCc1ccsc1)C(=O)NC1CCCCC1. The van der Waals surface area contributed by atoms with Gasteiger partial charge in [-0.3, -0.25) is 4.79 Å². The van der Waals surface area contributed by atoms with Crippen LogP contribution in [0.25, 0.3) is 0 Å². The van der Waals surface area contributed by atoms with Crippen LogP contribution in [0, 0.1) is 0 Å². The molecule has 1 aliphatic rings. The molecule has 3 nitrogen and oxygen atoms in total. The van der Waals surface area contributed by atoms with E-state index in [1.165, 1.54) is 24.8 Å². The van der Waals surface area contributed by atoms with Gasteiger partial charge < -0.3 is 10.6 Å². The Balaban J connectivity index is 1.64. The lowest BCUT2D eigenvalue weighted by molar-refractivity contribution is -0.123. The van der Waals surface area contributed by atoms with Crippen molar-refractivity contribution in [2.45, 2.75) is 57.5 Å². The molecule has 1 aliphatic carbocycles. The van der Waals surface area contributed by atoms with Crippen LogP contribution >= 0.6 is 11.3 Å². The van der Waals surface area contributed by atoms with Crippen molar-refractivity contribution in [3.63, 3.8) is 0 Å². The molecular formula is C15H24N2OS. The number of carbonyl (C=O) groups is 1. The first-order chi connectivity index (χ1) is 9.25. The van der Waals surface area contributed by atoms with Gasteiger partial charge in [0.25, 0.3) is 0 Å². The molecule has 1 aromatic heterocycles. The standard InChI is InChI=1S/C15H24N2OS/c1-12(16-9-7-13-8-10-19-11-13)15(18)17-14-5-3-2-4-6-14/h8,10-12,14,16H,2-7,9H2,1H3,(H,17,18). The summed E-state index contributed by atoms with van der Waals surface area (Å²) in [4.78, 5) is 12.0. The van der Waals surface area contributed by atoms with Gasteiger partial charge in [-0.05, 0) is 55.1 Å². The van der Waals surface area contributed by atoms with Crippen LogP contribution in [0.1, 0.15) is 44.6 Å². The van der Waals surface area contributed by atoms with Crippen LogP contribution in [0.2, 0.25) is 0 Å². The third kappa shape index (κ3) is 4.96. The summed E-state index contributed by atoms with van der Waals surface area (Å²) in [6.07, 6.45) is 7.11. The van der Waals surface area contributed by atoms with Crippen LogP contribution < -0.4 is 10.6 Å². The average molecular weight is 280 g/mol. The van der Waals surface area contributed by atoms with Gasteiger partial charge in [0.15, 0.2) is 0 Å². The van der Waals surface area contributed by atoms with Gasteiger partial charge in [-0.1, -0.05) is 19.3 Å². The third-order valence-corrected chi connectivity index (χ3v) is 4.52. The molecule has 1 heterocycles. The summed E-state index contributed by atoms with van der Waals surface area (Å²) in [6.45, 7) is 2.81. The number of nitrogens with one attached hydrogen (secondary N) is 2. The Morgan fingerprint density at radius 1 is 1.42 bits per heavy atom. The number of hydrogen-bond acceptors (Lipinski definition) is 3. The summed E-state index contributed by atoms with van der Waals surface area (Å²) >= 11 is 1.72. The fraction of sp³-hybridized carbons (Fsp3) is 0.667. The van der Waals surface area contributed by atoms with Crippen molar-refractivity contribution in [1.82, 2.24) is 10.6 Å². The summed E-state index contributed by atoms with van der Waals surface area (Å²) in [5, 5.41) is 10.7. The lowest BCUT2D eigenvalue weighted by Gasteiger charge is -2.24. The summed E-state index contributed by atoms with van der Waals surface area (Å²) in [5.74, 6) is 0.150. The number of amides is 1. The van der Waals surface area contributed by atoms with E-state index in [2.05, 4.69) is 27.5 Å². The second-order valence-electron chi connectivity index (χ2n) is 5.40. The molecule has 0 aliphatic heterocycles. The van der Waals surface area contributed by atoms with Gasteiger partial charge >= 0.3 is 0 Å². The Morgan fingerprint density at radius 2 is 2.21 bits per heavy atom. The van der Waals surface area contributed by atoms with Gasteiger partial charge in [-0.2, -0.15) is 11.3 Å². The normalized spacial score (nSPS) is 18.2. The highest BCUT2D eigenvalue weighted by Gasteiger charge is 2.18. The number of hydrogen-bond donors (Lipinski definition) is 2. The Hall–Kier alpha value is -0.870. The number of carbonyl (C=O) groups excluding carboxylic acids is 1. The van der Waals surface area contributed by atoms with Crippen molar-refractivity contribution >= 4 is 17.2 Å². The largest absolute Gasteiger partial charge is 0.352 e. The first kappa shape index (κ1) is 14.5. The molecule has 0 radical (unpaired) electrons. The topological polar surface area (TPSA) is 41.1 Å². The molecule has 0 spiro atoms. The molecule has 1 unspecified atom stereocenters. The molecule has 1 atom stereocenters. The van der Waals surface area contributed by atoms with E-state index in [1.54, 1.807) is 11.3 Å². The van der Waals surface area contributed by atoms with Crippen LogP contribution in [0.15, 0.2) is 16.8 Å². The van der Waals surface area contributed by atoms with Gasteiger partial charge in [-0.25, -0.2) is 0 Å². The maximum absolute atomic E-state index is 12.0. The fourth-order valence-corrected chi connectivity index (χ4v) is 3.24. The molecule has 4 heteroatoms. The zero-order valence-corrected chi connectivity index (χ0v) is 12.5. The van der Waals surface area contributed by atoms with Crippen molar-refractivity contribution < 1.29 is 4.79 Å². The van der Waals surface area contributed by atoms with Gasteiger partial charge in [0.1, 0.15) is 0 Å². The third-order valence-electron chi connectivity index (χ3n) is 3.79. The summed E-state index contributed by atoms with van der Waals surface area (Å²) < 4.78 is 0. The monoisotopic (exact) mass is 280 g/mol. The Bertz CT molecular complexity index is 372. The predicted molar refractivity (Wildman–Crippen MR) is 80.5 cm³/mol. The van der Waals surface area contributed by atoms with E-state index in [0.29, 0.717) is 6.04 Å². The molecule has 1 aromatic rings. The smallest absolute Gasteiger partial charge is 0.237 e. The van der Waals surface area contributed by atoms with Crippen LogP contribution in [0.3, 0.4) is 0 Å². The molecule has 19 heavy (non-hydrogen) atoms. The lowest BCUT2D eigenvalue weighted by Crippen LogP contribution is -2.47. The maximum atomic E-state index is 12.0. The number of thiophene rings is 1. The first-order valence-electron chi connectivity index (χ1n) is 7.30. The van der Waals surface area contributed by atoms with Gasteiger partial charge in [0.05, 0.1) is 6.04 Å². The second kappa shape index (κ2) is 7.65. The zero-order valence-electron chi connectivity index (χ0n) is 11.7. The predicted octanol–water partition coefficient (Wildman–Crippen LogP) is 2.72. The van der Waals surface area contributed by atoms with Crippen molar-refractivity contribution in [2.24, 2.45) is 0 Å². The molecule has 1 saturated carbocycles. The average Bonchev–Trinajstić information content (AvgIpc) is 2.93. The molecule has 2 N–H and O–H groups in total. The van der Waals surface area contributed by atoms with Gasteiger partial charge in [0, 0.05) is 6.04 Å². The van der Waals surface area contributed by atoms with Crippen LogP contribution in [0.4, 0.5) is 0 Å². The fourth-order valence-electron chi connectivity index (χ4n) is 2.53. The van der Waals surface area contributed by atoms with Crippen molar-refractivity contribution in [1.29, 1.82) is 0 Å². The Morgan fingerprint density at radius 3 is 2.89 bits per heavy atom. The molecule has 2 rings (SSSR count). The minimum atomic E-state index is -0.0967. The minimum absolute atomic E-state index is 0.0967. The summed E-state index contributed by atoms with van der Waals surface area (Å²) in [5.41, 5.74) is 1.34. The molecule has 0 aromatic carbocycles. The Labute approximate surface area is 119 Å². The van der Waals surface area contributed by atoms with E-state index in [4.69, 9.17) is 0 Å². The molecule has 0 saturated heterocycles. The quantitative estimate of drug-likeness (QED) is 0.841. The first-order valence-corrected chi connectivity index (χ1v) is 8.25. The van der Waals surface area contributed by atoms with Crippen molar-refractivity contribution in [2.75, 3.05) is 6.54 Å². The van der Waals surface area contributed by atoms with E-state index < -0.39 is 0 Å². The summed E-state index contributed by atoms with van der Waals surface area (Å²) in [6, 6.07) is 2.45. The molecule has 1 fully saturated rings. The highest BCUT2D eigenvalue weighted by molar-refractivity contribution is 7.07. The minimum Gasteiger partial charge on any atom is -0.352 e. The van der Waals surface area contributed by atoms with Gasteiger partial charge in [0.2, 0.25) is 5.91 Å². The van der Waals surface area contributed by atoms with E-state index in [9.17, 15) is 4.79 Å². The van der Waals surface area contributed by atoms with Crippen LogP contribution in [0.5, 0.6) is 0 Å². The molecule has 1 amide bonds. The second-order valence-corrected chi connectivity index (χ2v) is 6.18. The van der Waals surface area contributed by atoms with Crippen molar-refractivity contribution in [3.8, 4) is 0 Å². The van der Waals surface area contributed by atoms with E-state index in [1.807, 2.05) is 6.92 Å². The zero-order chi connectivity index (χ0) is 13.5. The van der Waals surface area contributed by atoms with E-state index >= 15 is 0 Å². The molecule has 106 valence electrons. The van der Waals surface area contributed by atoms with E-state index in [-0.39, 0.29) is 11.9 Å². The van der Waals surface area contributed by atoms with Crippen LogP contribution in [-0.2, 0) is 11.2 Å². The molecular weight excluding hydrogens is 256 g/mol. The van der Waals surface area contributed by atoms with Crippen LogP contribution in [-0.4, -0.2) is 24.5 Å². The maximum Gasteiger partial charge on any atom is 0.237 e. The van der Waals surface area contributed by atoms with Crippen molar-refractivity contribution in [3.05, 3.63) is 22.4 Å². The van der Waals surface area contributed by atoms with Gasteiger partial charge in [-0.15, -0.1) is 0 Å². The Kier molecular flexibility index (Phi) is 5.86. The number of rotatable bonds is 6. The lowest BCUT2D eigenvalue weighted by atomic mass is 9.95. The highest BCUT2D eigenvalue weighted by atomic mass is 32.1. The summed E-state index contributed by atoms with van der Waals surface area (Å²) in [7, 11) is 0. The molecule has 0 bridgehead atoms.